The standard InChI is InChI=1S/C23H24Cl3N5O2S/c1-13(2)10-19(28-22(33)15-6-4-5-7-16(15)24)21-29-30-23(31(21)3)34-12-20(32)27-14-8-9-17(25)18(26)11-14/h4-9,11,13,19H,10,12H2,1-3H3,(H,27,32)(H,28,33)/t19-/m0/s1. The minimum absolute atomic E-state index is 0.118. The second-order valence-electron chi connectivity index (χ2n) is 8.00. The predicted molar refractivity (Wildman–Crippen MR) is 138 cm³/mol. The van der Waals surface area contributed by atoms with Crippen LogP contribution in [0.1, 0.15) is 42.5 Å². The van der Waals surface area contributed by atoms with Crippen LogP contribution in [-0.4, -0.2) is 32.3 Å². The van der Waals surface area contributed by atoms with Crippen LogP contribution in [0, 0.1) is 5.92 Å². The second-order valence-corrected chi connectivity index (χ2v) is 10.2. The third kappa shape index (κ3) is 6.88. The molecular weight excluding hydrogens is 517 g/mol. The lowest BCUT2D eigenvalue weighted by Gasteiger charge is -2.20. The molecule has 0 saturated heterocycles. The predicted octanol–water partition coefficient (Wildman–Crippen LogP) is 6.02. The number of hydrogen-bond donors (Lipinski definition) is 2. The van der Waals surface area contributed by atoms with Gasteiger partial charge >= 0.3 is 0 Å². The fraction of sp³-hybridized carbons (Fsp3) is 0.304. The number of thioether (sulfide) groups is 1. The van der Waals surface area contributed by atoms with Gasteiger partial charge in [0.05, 0.1) is 32.4 Å². The molecule has 0 fully saturated rings. The SMILES string of the molecule is CC(C)C[C@H](NC(=O)c1ccccc1Cl)c1nnc(SCC(=O)Nc2ccc(Cl)c(Cl)c2)n1C. The molecule has 0 radical (unpaired) electrons. The number of aromatic nitrogens is 3. The van der Waals surface area contributed by atoms with Crippen LogP contribution >= 0.6 is 46.6 Å². The molecule has 34 heavy (non-hydrogen) atoms. The summed E-state index contributed by atoms with van der Waals surface area (Å²) >= 11 is 19.3. The molecule has 1 atom stereocenters. The summed E-state index contributed by atoms with van der Waals surface area (Å²) in [5.74, 6) is 0.503. The van der Waals surface area contributed by atoms with Crippen LogP contribution in [0.2, 0.25) is 15.1 Å². The van der Waals surface area contributed by atoms with E-state index in [-0.39, 0.29) is 23.6 Å². The van der Waals surface area contributed by atoms with Crippen LogP contribution in [0.3, 0.4) is 0 Å². The molecule has 11 heteroatoms. The Morgan fingerprint density at radius 2 is 1.76 bits per heavy atom. The van der Waals surface area contributed by atoms with Gasteiger partial charge in [-0.2, -0.15) is 0 Å². The molecular formula is C23H24Cl3N5O2S. The van der Waals surface area contributed by atoms with Gasteiger partial charge in [0.15, 0.2) is 11.0 Å². The lowest BCUT2D eigenvalue weighted by Crippen LogP contribution is -2.31. The summed E-state index contributed by atoms with van der Waals surface area (Å²) in [4.78, 5) is 25.2. The Hall–Kier alpha value is -2.26. The van der Waals surface area contributed by atoms with Crippen LogP contribution in [-0.2, 0) is 11.8 Å². The zero-order valence-electron chi connectivity index (χ0n) is 18.8. The number of carbonyl (C=O) groups is 2. The number of nitrogens with zero attached hydrogens (tertiary/aromatic N) is 3. The van der Waals surface area contributed by atoms with E-state index >= 15 is 0 Å². The van der Waals surface area contributed by atoms with Gasteiger partial charge < -0.3 is 15.2 Å². The minimum Gasteiger partial charge on any atom is -0.342 e. The molecule has 3 aromatic rings. The van der Waals surface area contributed by atoms with Crippen molar-refractivity contribution in [3.05, 3.63) is 68.9 Å². The van der Waals surface area contributed by atoms with E-state index in [1.165, 1.54) is 11.8 Å². The summed E-state index contributed by atoms with van der Waals surface area (Å²) in [5, 5.41) is 16.0. The van der Waals surface area contributed by atoms with Crippen molar-refractivity contribution in [1.82, 2.24) is 20.1 Å². The lowest BCUT2D eigenvalue weighted by molar-refractivity contribution is -0.113. The molecule has 0 bridgehead atoms. The summed E-state index contributed by atoms with van der Waals surface area (Å²) in [6.45, 7) is 4.13. The zero-order chi connectivity index (χ0) is 24.8. The highest BCUT2D eigenvalue weighted by Gasteiger charge is 2.24. The van der Waals surface area contributed by atoms with Gasteiger partial charge in [-0.05, 0) is 42.7 Å². The third-order valence-corrected chi connectivity index (χ3v) is 6.94. The Labute approximate surface area is 217 Å². The van der Waals surface area contributed by atoms with E-state index in [4.69, 9.17) is 34.8 Å². The normalized spacial score (nSPS) is 12.0. The fourth-order valence-electron chi connectivity index (χ4n) is 3.24. The van der Waals surface area contributed by atoms with Crippen LogP contribution in [0.15, 0.2) is 47.6 Å². The molecule has 0 aliphatic heterocycles. The molecule has 2 aromatic carbocycles. The summed E-state index contributed by atoms with van der Waals surface area (Å²) in [6.07, 6.45) is 0.657. The number of halogens is 3. The van der Waals surface area contributed by atoms with Crippen LogP contribution in [0.4, 0.5) is 5.69 Å². The summed E-state index contributed by atoms with van der Waals surface area (Å²) in [5.41, 5.74) is 0.951. The van der Waals surface area contributed by atoms with Gasteiger partial charge in [-0.1, -0.05) is 72.5 Å². The fourth-order valence-corrected chi connectivity index (χ4v) is 4.48. The maximum Gasteiger partial charge on any atom is 0.253 e. The average molecular weight is 541 g/mol. The Kier molecular flexibility index (Phi) is 9.24. The van der Waals surface area contributed by atoms with E-state index in [1.807, 2.05) is 7.05 Å². The highest BCUT2D eigenvalue weighted by molar-refractivity contribution is 7.99. The molecule has 7 nitrogen and oxygen atoms in total. The van der Waals surface area contributed by atoms with Crippen molar-refractivity contribution in [2.45, 2.75) is 31.5 Å². The van der Waals surface area contributed by atoms with Gasteiger partial charge in [-0.3, -0.25) is 9.59 Å². The van der Waals surface area contributed by atoms with Gasteiger partial charge in [0.1, 0.15) is 0 Å². The first-order chi connectivity index (χ1) is 16.2. The van der Waals surface area contributed by atoms with Gasteiger partial charge in [0.2, 0.25) is 5.91 Å². The van der Waals surface area contributed by atoms with E-state index in [0.29, 0.717) is 49.6 Å². The van der Waals surface area contributed by atoms with E-state index < -0.39 is 0 Å². The summed E-state index contributed by atoms with van der Waals surface area (Å²) < 4.78 is 1.79. The van der Waals surface area contributed by atoms with E-state index in [0.717, 1.165) is 0 Å². The molecule has 1 aromatic heterocycles. The first-order valence-electron chi connectivity index (χ1n) is 10.5. The van der Waals surface area contributed by atoms with E-state index in [1.54, 1.807) is 47.0 Å². The molecule has 0 unspecified atom stereocenters. The summed E-state index contributed by atoms with van der Waals surface area (Å²) in [6, 6.07) is 11.4. The average Bonchev–Trinajstić information content (AvgIpc) is 3.14. The van der Waals surface area contributed by atoms with Crippen LogP contribution < -0.4 is 10.6 Å². The number of carbonyl (C=O) groups excluding carboxylic acids is 2. The Bertz CT molecular complexity index is 1190. The molecule has 180 valence electrons. The number of anilines is 1. The maximum atomic E-state index is 12.9. The number of hydrogen-bond acceptors (Lipinski definition) is 5. The minimum atomic E-state index is -0.374. The van der Waals surface area contributed by atoms with Crippen molar-refractivity contribution < 1.29 is 9.59 Å². The van der Waals surface area contributed by atoms with Crippen molar-refractivity contribution >= 4 is 64.1 Å². The van der Waals surface area contributed by atoms with Gasteiger partial charge in [0, 0.05) is 12.7 Å². The number of amides is 2. The van der Waals surface area contributed by atoms with Gasteiger partial charge in [0.25, 0.3) is 5.91 Å². The quantitative estimate of drug-likeness (QED) is 0.324. The third-order valence-electron chi connectivity index (χ3n) is 4.85. The molecule has 3 rings (SSSR count). The highest BCUT2D eigenvalue weighted by atomic mass is 35.5. The Balaban J connectivity index is 1.68. The number of nitrogens with one attached hydrogen (secondary N) is 2. The lowest BCUT2D eigenvalue weighted by atomic mass is 10.0. The Morgan fingerprint density at radius 1 is 1.03 bits per heavy atom. The molecule has 2 amide bonds. The topological polar surface area (TPSA) is 88.9 Å². The van der Waals surface area contributed by atoms with E-state index in [2.05, 4.69) is 34.7 Å². The molecule has 0 spiro atoms. The highest BCUT2D eigenvalue weighted by Crippen LogP contribution is 2.27. The first-order valence-corrected chi connectivity index (χ1v) is 12.6. The number of rotatable bonds is 9. The molecule has 0 aliphatic carbocycles. The smallest absolute Gasteiger partial charge is 0.253 e. The van der Waals surface area contributed by atoms with Gasteiger partial charge in [-0.15, -0.1) is 10.2 Å². The molecule has 1 heterocycles. The van der Waals surface area contributed by atoms with Crippen molar-refractivity contribution in [1.29, 1.82) is 0 Å². The number of benzene rings is 2. The van der Waals surface area contributed by atoms with Crippen molar-refractivity contribution in [2.75, 3.05) is 11.1 Å². The summed E-state index contributed by atoms with van der Waals surface area (Å²) in [7, 11) is 1.81. The van der Waals surface area contributed by atoms with Crippen molar-refractivity contribution in [2.24, 2.45) is 13.0 Å². The van der Waals surface area contributed by atoms with Gasteiger partial charge in [-0.25, -0.2) is 0 Å². The monoisotopic (exact) mass is 539 g/mol. The molecule has 0 aliphatic rings. The second kappa shape index (κ2) is 11.9. The Morgan fingerprint density at radius 3 is 2.44 bits per heavy atom. The molecule has 2 N–H and O–H groups in total. The maximum absolute atomic E-state index is 12.9. The van der Waals surface area contributed by atoms with E-state index in [9.17, 15) is 9.59 Å². The zero-order valence-corrected chi connectivity index (χ0v) is 21.9. The van der Waals surface area contributed by atoms with Crippen molar-refractivity contribution in [3.63, 3.8) is 0 Å². The first kappa shape index (κ1) is 26.3. The van der Waals surface area contributed by atoms with Crippen LogP contribution in [0.5, 0.6) is 0 Å². The molecule has 0 saturated carbocycles. The van der Waals surface area contributed by atoms with Crippen molar-refractivity contribution in [3.8, 4) is 0 Å². The largest absolute Gasteiger partial charge is 0.342 e. The van der Waals surface area contributed by atoms with Crippen LogP contribution in [0.25, 0.3) is 0 Å².